The first kappa shape index (κ1) is 12.8. The Morgan fingerprint density at radius 1 is 1.11 bits per heavy atom. The third kappa shape index (κ3) is 9.10. The van der Waals surface area contributed by atoms with Gasteiger partial charge in [-0.25, -0.2) is 0 Å². The Morgan fingerprint density at radius 3 is 1.67 bits per heavy atom. The van der Waals surface area contributed by atoms with E-state index in [1.165, 1.54) is 44.0 Å². The van der Waals surface area contributed by atoms with Gasteiger partial charge < -0.3 is 17.0 Å². The summed E-state index contributed by atoms with van der Waals surface area (Å²) in [5.41, 5.74) is 0. The van der Waals surface area contributed by atoms with E-state index in [9.17, 15) is 0 Å². The average Bonchev–Trinajstić information content (AvgIpc) is 1.68. The summed E-state index contributed by atoms with van der Waals surface area (Å²) in [5.74, 6) is 0. The van der Waals surface area contributed by atoms with E-state index in [-0.39, 0.29) is 17.0 Å². The zero-order valence-corrected chi connectivity index (χ0v) is 11.0. The predicted molar refractivity (Wildman–Crippen MR) is 33.6 cm³/mol. The topological polar surface area (TPSA) is 0 Å². The van der Waals surface area contributed by atoms with Gasteiger partial charge in [0.05, 0.1) is 0 Å². The van der Waals surface area contributed by atoms with Crippen LogP contribution in [0, 0.1) is 0 Å². The van der Waals surface area contributed by atoms with Gasteiger partial charge in [-0.2, -0.15) is 0 Å². The molecule has 0 aliphatic rings. The first-order valence-electron chi connectivity index (χ1n) is 3.64. The third-order valence-corrected chi connectivity index (χ3v) is 3.11. The second-order valence-electron chi connectivity index (χ2n) is 2.44. The van der Waals surface area contributed by atoms with Crippen LogP contribution in [0.25, 0.3) is 0 Å². The van der Waals surface area contributed by atoms with Gasteiger partial charge in [-0.05, 0) is 0 Å². The van der Waals surface area contributed by atoms with Crippen molar-refractivity contribution in [2.45, 2.75) is 44.0 Å². The number of halogens is 1. The Morgan fingerprint density at radius 2 is 1.44 bits per heavy atom. The zero-order chi connectivity index (χ0) is 6.41. The SMILES string of the molecule is CCC[CH]([Zn+])CCC.[Br-]. The molecule has 0 radical (unpaired) electrons. The van der Waals surface area contributed by atoms with E-state index in [0.717, 1.165) is 4.51 Å². The molecule has 0 N–H and O–H groups in total. The molecule has 0 atom stereocenters. The van der Waals surface area contributed by atoms with Gasteiger partial charge in [0.2, 0.25) is 0 Å². The Hall–Kier alpha value is 1.10. The van der Waals surface area contributed by atoms with Crippen molar-refractivity contribution in [1.29, 1.82) is 0 Å². The van der Waals surface area contributed by atoms with E-state index in [2.05, 4.69) is 13.8 Å². The molecule has 0 aliphatic carbocycles. The van der Waals surface area contributed by atoms with Crippen LogP contribution in [0.4, 0.5) is 0 Å². The molecule has 2 heteroatoms. The Bertz CT molecular complexity index is 42.2. The van der Waals surface area contributed by atoms with E-state index in [1.54, 1.807) is 0 Å². The minimum absolute atomic E-state index is 0. The molecule has 0 spiro atoms. The average molecular weight is 244 g/mol. The van der Waals surface area contributed by atoms with Crippen LogP contribution in [-0.4, -0.2) is 0 Å². The quantitative estimate of drug-likeness (QED) is 0.607. The molecule has 0 nitrogen and oxygen atoms in total. The van der Waals surface area contributed by atoms with Crippen LogP contribution in [0.5, 0.6) is 0 Å². The maximum Gasteiger partial charge on any atom is -1.00 e. The summed E-state index contributed by atoms with van der Waals surface area (Å²) in [4.78, 5) is 0. The van der Waals surface area contributed by atoms with Crippen molar-refractivity contribution in [3.05, 3.63) is 0 Å². The minimum atomic E-state index is 0. The molecule has 0 saturated heterocycles. The monoisotopic (exact) mass is 242 g/mol. The summed E-state index contributed by atoms with van der Waals surface area (Å²) >= 11 is 1.50. The van der Waals surface area contributed by atoms with Crippen molar-refractivity contribution in [2.75, 3.05) is 0 Å². The van der Waals surface area contributed by atoms with Crippen LogP contribution >= 0.6 is 0 Å². The molecule has 9 heavy (non-hydrogen) atoms. The maximum absolute atomic E-state index is 2.28. The molecule has 0 heterocycles. The molecule has 0 unspecified atom stereocenters. The fourth-order valence-corrected chi connectivity index (χ4v) is 2.67. The van der Waals surface area contributed by atoms with Crippen LogP contribution in [0.15, 0.2) is 0 Å². The second-order valence-corrected chi connectivity index (χ2v) is 4.87. The summed E-state index contributed by atoms with van der Waals surface area (Å²) in [5, 5.41) is 0. The van der Waals surface area contributed by atoms with Crippen molar-refractivity contribution in [2.24, 2.45) is 0 Å². The van der Waals surface area contributed by atoms with Crippen LogP contribution in [0.2, 0.25) is 4.51 Å². The van der Waals surface area contributed by atoms with Crippen molar-refractivity contribution in [1.82, 2.24) is 0 Å². The fourth-order valence-electron chi connectivity index (χ4n) is 0.961. The van der Waals surface area contributed by atoms with Crippen LogP contribution in [-0.2, 0) is 18.3 Å². The van der Waals surface area contributed by atoms with Crippen molar-refractivity contribution < 1.29 is 35.3 Å². The summed E-state index contributed by atoms with van der Waals surface area (Å²) < 4.78 is 1.09. The number of hydrogen-bond donors (Lipinski definition) is 0. The molecule has 0 amide bonds. The van der Waals surface area contributed by atoms with Gasteiger partial charge in [0.15, 0.2) is 0 Å². The van der Waals surface area contributed by atoms with Crippen molar-refractivity contribution in [3.63, 3.8) is 0 Å². The van der Waals surface area contributed by atoms with Gasteiger partial charge in [-0.1, -0.05) is 0 Å². The van der Waals surface area contributed by atoms with E-state index in [4.69, 9.17) is 0 Å². The van der Waals surface area contributed by atoms with E-state index in [1.807, 2.05) is 0 Å². The summed E-state index contributed by atoms with van der Waals surface area (Å²) in [6.07, 6.45) is 5.69. The van der Waals surface area contributed by atoms with E-state index < -0.39 is 0 Å². The largest absolute Gasteiger partial charge is 1.00 e. The molecule has 0 bridgehead atoms. The summed E-state index contributed by atoms with van der Waals surface area (Å²) in [7, 11) is 0. The first-order chi connectivity index (χ1) is 3.81. The van der Waals surface area contributed by atoms with Gasteiger partial charge in [-0.3, -0.25) is 0 Å². The molecule has 0 aromatic rings. The number of hydrogen-bond acceptors (Lipinski definition) is 0. The second kappa shape index (κ2) is 9.10. The van der Waals surface area contributed by atoms with Gasteiger partial charge in [-0.15, -0.1) is 0 Å². The molecule has 0 fully saturated rings. The molecular weight excluding hydrogens is 229 g/mol. The molecular formula is C7H15BrZn. The minimum Gasteiger partial charge on any atom is -1.00 e. The molecule has 52 valence electrons. The normalized spacial score (nSPS) is 9.44. The summed E-state index contributed by atoms with van der Waals surface area (Å²) in [6.45, 7) is 4.55. The Kier molecular flexibility index (Phi) is 12.9. The fraction of sp³-hybridized carbons (Fsp3) is 1.00. The molecule has 0 aromatic heterocycles. The molecule has 0 aliphatic heterocycles. The number of rotatable bonds is 4. The smallest absolute Gasteiger partial charge is 1.00 e. The molecule has 0 saturated carbocycles. The van der Waals surface area contributed by atoms with Crippen molar-refractivity contribution in [3.8, 4) is 0 Å². The van der Waals surface area contributed by atoms with Gasteiger partial charge >= 0.3 is 62.3 Å². The Labute approximate surface area is 79.2 Å². The van der Waals surface area contributed by atoms with E-state index in [0.29, 0.717) is 0 Å². The third-order valence-electron chi connectivity index (χ3n) is 1.39. The van der Waals surface area contributed by atoms with Crippen LogP contribution in [0.1, 0.15) is 39.5 Å². The standard InChI is InChI=1S/C7H15.BrH.Zn/c1-3-5-7-6-4-2;;/h7H,3-6H2,1-2H3;1H;/q;;+1/p-1. The van der Waals surface area contributed by atoms with Crippen LogP contribution in [0.3, 0.4) is 0 Å². The van der Waals surface area contributed by atoms with Gasteiger partial charge in [0.25, 0.3) is 0 Å². The van der Waals surface area contributed by atoms with E-state index >= 15 is 0 Å². The van der Waals surface area contributed by atoms with Gasteiger partial charge in [0.1, 0.15) is 0 Å². The van der Waals surface area contributed by atoms with Gasteiger partial charge in [0, 0.05) is 0 Å². The zero-order valence-electron chi connectivity index (χ0n) is 6.49. The maximum atomic E-state index is 2.28. The predicted octanol–water partition coefficient (Wildman–Crippen LogP) is -0.0741. The first-order valence-corrected chi connectivity index (χ1v) is 5.35. The molecule has 0 rings (SSSR count). The Balaban J connectivity index is 0. The summed E-state index contributed by atoms with van der Waals surface area (Å²) in [6, 6.07) is 0. The molecule has 0 aromatic carbocycles. The van der Waals surface area contributed by atoms with Crippen molar-refractivity contribution >= 4 is 0 Å². The van der Waals surface area contributed by atoms with Crippen LogP contribution < -0.4 is 17.0 Å².